The van der Waals surface area contributed by atoms with Crippen LogP contribution in [0.15, 0.2) is 0 Å². The van der Waals surface area contributed by atoms with E-state index >= 15 is 0 Å². The van der Waals surface area contributed by atoms with Crippen molar-refractivity contribution in [2.45, 2.75) is 13.8 Å². The van der Waals surface area contributed by atoms with Gasteiger partial charge in [-0.15, -0.1) is 0 Å². The van der Waals surface area contributed by atoms with Crippen LogP contribution in [0.5, 0.6) is 0 Å². The Balaban J connectivity index is 4.32. The van der Waals surface area contributed by atoms with Crippen LogP contribution < -0.4 is 0 Å². The van der Waals surface area contributed by atoms with Crippen LogP contribution in [0.25, 0.3) is 0 Å². The highest BCUT2D eigenvalue weighted by Crippen LogP contribution is 2.15. The molecule has 0 aromatic carbocycles. The number of esters is 1. The minimum Gasteiger partial charge on any atom is -0.466 e. The number of aldehydes is 1. The highest BCUT2D eigenvalue weighted by atomic mass is 16.5. The first-order valence-electron chi connectivity index (χ1n) is 3.79. The lowest BCUT2D eigenvalue weighted by atomic mass is 9.94. The van der Waals surface area contributed by atoms with Gasteiger partial charge in [0.25, 0.3) is 6.47 Å². The second kappa shape index (κ2) is 5.29. The molecule has 0 spiro atoms. The van der Waals surface area contributed by atoms with E-state index in [1.54, 1.807) is 6.92 Å². The zero-order chi connectivity index (χ0) is 10.3. The molecule has 0 aliphatic heterocycles. The summed E-state index contributed by atoms with van der Waals surface area (Å²) in [5, 5.41) is 0. The standard InChI is InChI=1S/C8H12O5/c1-3-13-7(11)8(2,4-9)5-12-6-10/h4,6H,3,5H2,1-2H3/t8-/m1/s1. The van der Waals surface area contributed by atoms with E-state index in [2.05, 4.69) is 9.47 Å². The highest BCUT2D eigenvalue weighted by Gasteiger charge is 2.35. The lowest BCUT2D eigenvalue weighted by Gasteiger charge is -2.18. The van der Waals surface area contributed by atoms with E-state index in [4.69, 9.17) is 0 Å². The van der Waals surface area contributed by atoms with Crippen molar-refractivity contribution < 1.29 is 23.9 Å². The van der Waals surface area contributed by atoms with Gasteiger partial charge in [0.1, 0.15) is 12.9 Å². The summed E-state index contributed by atoms with van der Waals surface area (Å²) < 4.78 is 8.97. The largest absolute Gasteiger partial charge is 0.466 e. The van der Waals surface area contributed by atoms with E-state index in [0.29, 0.717) is 6.29 Å². The number of carbonyl (C=O) groups is 3. The molecule has 0 saturated carbocycles. The molecular formula is C8H12O5. The molecule has 0 fully saturated rings. The van der Waals surface area contributed by atoms with E-state index < -0.39 is 11.4 Å². The first kappa shape index (κ1) is 11.6. The predicted molar refractivity (Wildman–Crippen MR) is 42.8 cm³/mol. The summed E-state index contributed by atoms with van der Waals surface area (Å²) in [6.07, 6.45) is 0.411. The Morgan fingerprint density at radius 2 is 2.08 bits per heavy atom. The fourth-order valence-electron chi connectivity index (χ4n) is 0.644. The molecule has 74 valence electrons. The zero-order valence-corrected chi connectivity index (χ0v) is 7.61. The molecule has 5 heteroatoms. The summed E-state index contributed by atoms with van der Waals surface area (Å²) >= 11 is 0. The van der Waals surface area contributed by atoms with Crippen LogP contribution in [-0.4, -0.2) is 31.9 Å². The summed E-state index contributed by atoms with van der Waals surface area (Å²) in [4.78, 5) is 31.6. The molecule has 0 amide bonds. The topological polar surface area (TPSA) is 69.7 Å². The maximum absolute atomic E-state index is 11.2. The molecule has 0 rings (SSSR count). The Hall–Kier alpha value is -1.39. The van der Waals surface area contributed by atoms with Gasteiger partial charge in [0.2, 0.25) is 0 Å². The Morgan fingerprint density at radius 1 is 1.46 bits per heavy atom. The lowest BCUT2D eigenvalue weighted by Crippen LogP contribution is -2.36. The predicted octanol–water partition coefficient (Wildman–Crippen LogP) is -0.0723. The van der Waals surface area contributed by atoms with Gasteiger partial charge < -0.3 is 14.3 Å². The van der Waals surface area contributed by atoms with Crippen molar-refractivity contribution in [2.75, 3.05) is 13.2 Å². The number of rotatable bonds is 6. The third-order valence-corrected chi connectivity index (χ3v) is 1.45. The Labute approximate surface area is 76.0 Å². The van der Waals surface area contributed by atoms with E-state index in [9.17, 15) is 14.4 Å². The second-order valence-electron chi connectivity index (χ2n) is 2.66. The summed E-state index contributed by atoms with van der Waals surface area (Å²) in [5.41, 5.74) is -1.39. The number of ether oxygens (including phenoxy) is 2. The van der Waals surface area contributed by atoms with Gasteiger partial charge in [-0.3, -0.25) is 9.59 Å². The Morgan fingerprint density at radius 3 is 2.46 bits per heavy atom. The van der Waals surface area contributed by atoms with Gasteiger partial charge in [-0.05, 0) is 13.8 Å². The van der Waals surface area contributed by atoms with Crippen LogP contribution in [0.1, 0.15) is 13.8 Å². The van der Waals surface area contributed by atoms with Crippen LogP contribution >= 0.6 is 0 Å². The van der Waals surface area contributed by atoms with Crippen LogP contribution in [0.4, 0.5) is 0 Å². The molecule has 13 heavy (non-hydrogen) atoms. The van der Waals surface area contributed by atoms with Gasteiger partial charge in [0.05, 0.1) is 6.61 Å². The van der Waals surface area contributed by atoms with Gasteiger partial charge in [0, 0.05) is 0 Å². The normalized spacial score (nSPS) is 14.0. The van der Waals surface area contributed by atoms with Crippen molar-refractivity contribution in [3.05, 3.63) is 0 Å². The molecule has 0 aliphatic carbocycles. The monoisotopic (exact) mass is 188 g/mol. The third kappa shape index (κ3) is 3.23. The quantitative estimate of drug-likeness (QED) is 0.331. The fourth-order valence-corrected chi connectivity index (χ4v) is 0.644. The van der Waals surface area contributed by atoms with Crippen LogP contribution in [0.2, 0.25) is 0 Å². The third-order valence-electron chi connectivity index (χ3n) is 1.45. The van der Waals surface area contributed by atoms with E-state index in [0.717, 1.165) is 0 Å². The first-order valence-corrected chi connectivity index (χ1v) is 3.79. The van der Waals surface area contributed by atoms with Crippen molar-refractivity contribution in [2.24, 2.45) is 5.41 Å². The summed E-state index contributed by atoms with van der Waals surface area (Å²) in [5.74, 6) is -0.688. The van der Waals surface area contributed by atoms with Crippen LogP contribution in [-0.2, 0) is 23.9 Å². The van der Waals surface area contributed by atoms with E-state index in [-0.39, 0.29) is 19.7 Å². The lowest BCUT2D eigenvalue weighted by molar-refractivity contribution is -0.160. The second-order valence-corrected chi connectivity index (χ2v) is 2.66. The van der Waals surface area contributed by atoms with Crippen molar-refractivity contribution in [1.29, 1.82) is 0 Å². The minimum absolute atomic E-state index is 0.182. The van der Waals surface area contributed by atoms with Crippen molar-refractivity contribution in [1.82, 2.24) is 0 Å². The maximum atomic E-state index is 11.2. The van der Waals surface area contributed by atoms with E-state index in [1.165, 1.54) is 6.92 Å². The molecule has 0 aromatic heterocycles. The van der Waals surface area contributed by atoms with Gasteiger partial charge in [-0.2, -0.15) is 0 Å². The highest BCUT2D eigenvalue weighted by molar-refractivity contribution is 5.92. The number of carbonyl (C=O) groups excluding carboxylic acids is 3. The van der Waals surface area contributed by atoms with Gasteiger partial charge in [0.15, 0.2) is 5.41 Å². The average Bonchev–Trinajstić information content (AvgIpc) is 2.14. The smallest absolute Gasteiger partial charge is 0.322 e. The SMILES string of the molecule is CCOC(=O)[C@](C)(C=O)COC=O. The van der Waals surface area contributed by atoms with Crippen LogP contribution in [0.3, 0.4) is 0 Å². The average molecular weight is 188 g/mol. The van der Waals surface area contributed by atoms with Crippen LogP contribution in [0, 0.1) is 5.41 Å². The Bertz CT molecular complexity index is 201. The molecule has 0 bridgehead atoms. The van der Waals surface area contributed by atoms with Gasteiger partial charge in [-0.25, -0.2) is 0 Å². The zero-order valence-electron chi connectivity index (χ0n) is 7.61. The van der Waals surface area contributed by atoms with Gasteiger partial charge in [-0.1, -0.05) is 0 Å². The van der Waals surface area contributed by atoms with Crippen molar-refractivity contribution in [3.8, 4) is 0 Å². The molecule has 0 aliphatic rings. The molecule has 1 atom stereocenters. The van der Waals surface area contributed by atoms with Crippen molar-refractivity contribution >= 4 is 18.7 Å². The molecule has 0 aromatic rings. The molecule has 0 N–H and O–H groups in total. The summed E-state index contributed by atoms with van der Waals surface area (Å²) in [6, 6.07) is 0. The van der Waals surface area contributed by atoms with E-state index in [1.807, 2.05) is 0 Å². The molecule has 0 saturated heterocycles. The molecular weight excluding hydrogens is 176 g/mol. The minimum atomic E-state index is -1.39. The molecule has 0 unspecified atom stereocenters. The maximum Gasteiger partial charge on any atom is 0.322 e. The fraction of sp³-hybridized carbons (Fsp3) is 0.625. The summed E-state index contributed by atoms with van der Waals surface area (Å²) in [7, 11) is 0. The van der Waals surface area contributed by atoms with Crippen molar-refractivity contribution in [3.63, 3.8) is 0 Å². The Kier molecular flexibility index (Phi) is 4.72. The van der Waals surface area contributed by atoms with Gasteiger partial charge >= 0.3 is 5.97 Å². The first-order chi connectivity index (χ1) is 6.10. The number of hydrogen-bond acceptors (Lipinski definition) is 5. The molecule has 0 heterocycles. The summed E-state index contributed by atoms with van der Waals surface area (Å²) in [6.45, 7) is 3.05. The number of hydrogen-bond donors (Lipinski definition) is 0. The molecule has 5 nitrogen and oxygen atoms in total. The molecule has 0 radical (unpaired) electrons.